The summed E-state index contributed by atoms with van der Waals surface area (Å²) in [7, 11) is 1.17. The highest BCUT2D eigenvalue weighted by Gasteiger charge is 2.22. The van der Waals surface area contributed by atoms with Crippen LogP contribution in [0, 0.1) is 5.82 Å². The highest BCUT2D eigenvalue weighted by molar-refractivity contribution is 7.17. The van der Waals surface area contributed by atoms with Crippen LogP contribution >= 0.6 is 11.3 Å². The molecule has 0 fully saturated rings. The average Bonchev–Trinajstić information content (AvgIpc) is 2.83. The van der Waals surface area contributed by atoms with Crippen molar-refractivity contribution in [3.05, 3.63) is 40.8 Å². The first-order chi connectivity index (χ1) is 9.02. The molecule has 1 N–H and O–H groups in total. The number of aromatic carboxylic acids is 1. The minimum absolute atomic E-state index is 0.0841. The van der Waals surface area contributed by atoms with Crippen LogP contribution in [-0.4, -0.2) is 29.1 Å². The van der Waals surface area contributed by atoms with Gasteiger partial charge in [0.05, 0.1) is 12.0 Å². The van der Waals surface area contributed by atoms with Crippen LogP contribution in [0.2, 0.25) is 0 Å². The zero-order valence-electron chi connectivity index (χ0n) is 9.71. The first-order valence-corrected chi connectivity index (χ1v) is 5.93. The van der Waals surface area contributed by atoms with Crippen molar-refractivity contribution in [1.29, 1.82) is 0 Å². The minimum atomic E-state index is -1.29. The smallest absolute Gasteiger partial charge is 0.367 e. The average molecular weight is 281 g/mol. The summed E-state index contributed by atoms with van der Waals surface area (Å²) >= 11 is 0.849. The molecule has 0 bridgehead atoms. The zero-order chi connectivity index (χ0) is 14.0. The molecule has 0 spiro atoms. The maximum Gasteiger partial charge on any atom is 0.367 e. The summed E-state index contributed by atoms with van der Waals surface area (Å²) in [4.78, 5) is 26.4. The van der Waals surface area contributed by atoms with Gasteiger partial charge in [-0.3, -0.25) is 0 Å². The molecule has 0 saturated carbocycles. The predicted molar refractivity (Wildman–Crippen MR) is 65.8 cm³/mol. The number of aromatic nitrogens is 1. The number of thiazole rings is 1. The molecule has 0 saturated heterocycles. The number of benzene rings is 1. The van der Waals surface area contributed by atoms with Crippen molar-refractivity contribution in [3.8, 4) is 10.4 Å². The monoisotopic (exact) mass is 281 g/mol. The summed E-state index contributed by atoms with van der Waals surface area (Å²) in [5.41, 5.74) is 0.0565. The van der Waals surface area contributed by atoms with E-state index in [1.54, 1.807) is 6.07 Å². The number of carboxylic acid groups (broad SMARTS) is 1. The number of ether oxygens (including phenoxy) is 1. The van der Waals surface area contributed by atoms with E-state index in [0.29, 0.717) is 5.56 Å². The van der Waals surface area contributed by atoms with Gasteiger partial charge in [0, 0.05) is 0 Å². The van der Waals surface area contributed by atoms with Crippen LogP contribution in [0.3, 0.4) is 0 Å². The fraction of sp³-hybridized carbons (Fsp3) is 0.0833. The molecule has 5 nitrogen and oxygen atoms in total. The van der Waals surface area contributed by atoms with Crippen LogP contribution in [0.5, 0.6) is 0 Å². The zero-order valence-corrected chi connectivity index (χ0v) is 10.5. The Morgan fingerprint density at radius 1 is 1.42 bits per heavy atom. The van der Waals surface area contributed by atoms with Crippen LogP contribution in [-0.2, 0) is 4.74 Å². The van der Waals surface area contributed by atoms with E-state index in [1.807, 2.05) is 0 Å². The fourth-order valence-electron chi connectivity index (χ4n) is 1.47. The number of halogens is 1. The SMILES string of the molecule is COC(=O)c1nc(C(=O)O)c(-c2cccc(F)c2)s1. The van der Waals surface area contributed by atoms with Gasteiger partial charge in [0.1, 0.15) is 5.82 Å². The summed E-state index contributed by atoms with van der Waals surface area (Å²) < 4.78 is 17.6. The van der Waals surface area contributed by atoms with Crippen molar-refractivity contribution >= 4 is 23.3 Å². The molecule has 2 rings (SSSR count). The highest BCUT2D eigenvalue weighted by Crippen LogP contribution is 2.31. The number of hydrogen-bond donors (Lipinski definition) is 1. The van der Waals surface area contributed by atoms with Gasteiger partial charge in [-0.2, -0.15) is 0 Å². The second-order valence-corrected chi connectivity index (χ2v) is 4.50. The van der Waals surface area contributed by atoms with Crippen molar-refractivity contribution < 1.29 is 23.8 Å². The molecule has 1 aromatic heterocycles. The molecule has 0 atom stereocenters. The maximum atomic E-state index is 13.2. The van der Waals surface area contributed by atoms with Gasteiger partial charge >= 0.3 is 11.9 Å². The van der Waals surface area contributed by atoms with E-state index in [1.165, 1.54) is 25.3 Å². The minimum Gasteiger partial charge on any atom is -0.476 e. The molecule has 98 valence electrons. The van der Waals surface area contributed by atoms with Gasteiger partial charge in [-0.15, -0.1) is 11.3 Å². The standard InChI is InChI=1S/C12H8FNO4S/c1-18-12(17)10-14-8(11(15)16)9(19-10)6-3-2-4-7(13)5-6/h2-5H,1H3,(H,15,16). The van der Waals surface area contributed by atoms with Gasteiger partial charge in [-0.1, -0.05) is 12.1 Å². The molecule has 7 heteroatoms. The molecule has 19 heavy (non-hydrogen) atoms. The van der Waals surface area contributed by atoms with Crippen molar-refractivity contribution in [2.24, 2.45) is 0 Å². The number of hydrogen-bond acceptors (Lipinski definition) is 5. The third kappa shape index (κ3) is 2.60. The lowest BCUT2D eigenvalue weighted by Crippen LogP contribution is -2.03. The van der Waals surface area contributed by atoms with Crippen molar-refractivity contribution in [1.82, 2.24) is 4.98 Å². The Hall–Kier alpha value is -2.28. The molecule has 0 unspecified atom stereocenters. The van der Waals surface area contributed by atoms with E-state index >= 15 is 0 Å². The normalized spacial score (nSPS) is 10.2. The Kier molecular flexibility index (Phi) is 3.57. The number of carboxylic acids is 1. The van der Waals surface area contributed by atoms with Crippen LogP contribution in [0.25, 0.3) is 10.4 Å². The number of esters is 1. The van der Waals surface area contributed by atoms with E-state index in [2.05, 4.69) is 9.72 Å². The first kappa shape index (κ1) is 13.2. The van der Waals surface area contributed by atoms with Gasteiger partial charge in [-0.25, -0.2) is 19.0 Å². The molecule has 0 aliphatic carbocycles. The largest absolute Gasteiger partial charge is 0.476 e. The Morgan fingerprint density at radius 3 is 2.74 bits per heavy atom. The summed E-state index contributed by atoms with van der Waals surface area (Å²) in [6.45, 7) is 0. The van der Waals surface area contributed by atoms with Crippen LogP contribution in [0.1, 0.15) is 20.3 Å². The van der Waals surface area contributed by atoms with Gasteiger partial charge < -0.3 is 9.84 Å². The van der Waals surface area contributed by atoms with E-state index in [0.717, 1.165) is 11.3 Å². The number of carbonyl (C=O) groups excluding carboxylic acids is 1. The quantitative estimate of drug-likeness (QED) is 0.874. The van der Waals surface area contributed by atoms with Crippen molar-refractivity contribution in [2.75, 3.05) is 7.11 Å². The van der Waals surface area contributed by atoms with E-state index in [4.69, 9.17) is 5.11 Å². The Labute approximate surface area is 111 Å². The highest BCUT2D eigenvalue weighted by atomic mass is 32.1. The summed E-state index contributed by atoms with van der Waals surface area (Å²) in [6, 6.07) is 5.42. The van der Waals surface area contributed by atoms with Gasteiger partial charge in [0.2, 0.25) is 5.01 Å². The van der Waals surface area contributed by atoms with Crippen molar-refractivity contribution in [2.45, 2.75) is 0 Å². The topological polar surface area (TPSA) is 76.5 Å². The fourth-order valence-corrected chi connectivity index (χ4v) is 2.44. The van der Waals surface area contributed by atoms with Crippen LogP contribution in [0.4, 0.5) is 4.39 Å². The number of carbonyl (C=O) groups is 2. The van der Waals surface area contributed by atoms with E-state index in [9.17, 15) is 14.0 Å². The maximum absolute atomic E-state index is 13.2. The first-order valence-electron chi connectivity index (χ1n) is 5.11. The number of rotatable bonds is 3. The molecule has 2 aromatic rings. The van der Waals surface area contributed by atoms with Crippen LogP contribution in [0.15, 0.2) is 24.3 Å². The van der Waals surface area contributed by atoms with Crippen LogP contribution < -0.4 is 0 Å². The molecule has 0 amide bonds. The number of nitrogens with zero attached hydrogens (tertiary/aromatic N) is 1. The van der Waals surface area contributed by atoms with E-state index < -0.39 is 17.8 Å². The lowest BCUT2D eigenvalue weighted by atomic mass is 10.1. The van der Waals surface area contributed by atoms with Gasteiger partial charge in [0.15, 0.2) is 5.69 Å². The lowest BCUT2D eigenvalue weighted by molar-refractivity contribution is 0.0600. The summed E-state index contributed by atoms with van der Waals surface area (Å²) in [5, 5.41) is 8.98. The summed E-state index contributed by atoms with van der Waals surface area (Å²) in [6.07, 6.45) is 0. The second-order valence-electron chi connectivity index (χ2n) is 3.50. The van der Waals surface area contributed by atoms with E-state index in [-0.39, 0.29) is 15.6 Å². The predicted octanol–water partition coefficient (Wildman–Crippen LogP) is 2.43. The molecule has 1 heterocycles. The number of methoxy groups -OCH3 is 1. The molecule has 0 aliphatic rings. The third-order valence-corrected chi connectivity index (χ3v) is 3.36. The Bertz CT molecular complexity index is 653. The van der Waals surface area contributed by atoms with Crippen molar-refractivity contribution in [3.63, 3.8) is 0 Å². The van der Waals surface area contributed by atoms with Gasteiger partial charge in [-0.05, 0) is 17.7 Å². The van der Waals surface area contributed by atoms with Gasteiger partial charge in [0.25, 0.3) is 0 Å². The molecule has 0 radical (unpaired) electrons. The molecule has 1 aromatic carbocycles. The molecule has 0 aliphatic heterocycles. The summed E-state index contributed by atoms with van der Waals surface area (Å²) in [5.74, 6) is -2.51. The Balaban J connectivity index is 2.58. The Morgan fingerprint density at radius 2 is 2.16 bits per heavy atom. The third-order valence-electron chi connectivity index (χ3n) is 2.28. The second kappa shape index (κ2) is 5.15. The molecular weight excluding hydrogens is 273 g/mol. The molecular formula is C12H8FNO4S. The lowest BCUT2D eigenvalue weighted by Gasteiger charge is -1.98.